The Labute approximate surface area is 139 Å². The van der Waals surface area contributed by atoms with Crippen LogP contribution in [-0.4, -0.2) is 22.6 Å². The van der Waals surface area contributed by atoms with Gasteiger partial charge in [-0.05, 0) is 52.2 Å². The lowest BCUT2D eigenvalue weighted by Crippen LogP contribution is -2.27. The molecule has 0 unspecified atom stereocenters. The lowest BCUT2D eigenvalue weighted by atomic mass is 10.1. The summed E-state index contributed by atoms with van der Waals surface area (Å²) in [4.78, 5) is 0.216. The standard InChI is InChI=1S/C16H18BrNO3S/c1-4-12-7-5-6-8-15(12)18(2)22(19,20)13-9-10-16(21-3)14(17)11-13/h5-11H,4H2,1-3H3. The molecule has 22 heavy (non-hydrogen) atoms. The third-order valence-corrected chi connectivity index (χ3v) is 5.88. The molecule has 2 aromatic carbocycles. The van der Waals surface area contributed by atoms with Crippen LogP contribution >= 0.6 is 15.9 Å². The average Bonchev–Trinajstić information content (AvgIpc) is 2.53. The quantitative estimate of drug-likeness (QED) is 0.787. The fourth-order valence-corrected chi connectivity index (χ4v) is 4.16. The monoisotopic (exact) mass is 383 g/mol. The summed E-state index contributed by atoms with van der Waals surface area (Å²) < 4.78 is 32.7. The summed E-state index contributed by atoms with van der Waals surface area (Å²) in [5.74, 6) is 0.593. The maximum Gasteiger partial charge on any atom is 0.264 e. The zero-order valence-electron chi connectivity index (χ0n) is 12.7. The summed E-state index contributed by atoms with van der Waals surface area (Å²) >= 11 is 3.33. The molecule has 2 rings (SSSR count). The first-order valence-corrected chi connectivity index (χ1v) is 9.05. The molecule has 4 nitrogen and oxygen atoms in total. The van der Waals surface area contributed by atoms with Crippen molar-refractivity contribution in [1.82, 2.24) is 0 Å². The van der Waals surface area contributed by atoms with Crippen molar-refractivity contribution in [2.24, 2.45) is 0 Å². The lowest BCUT2D eigenvalue weighted by Gasteiger charge is -2.22. The fraction of sp³-hybridized carbons (Fsp3) is 0.250. The highest BCUT2D eigenvalue weighted by atomic mass is 79.9. The predicted molar refractivity (Wildman–Crippen MR) is 92.1 cm³/mol. The zero-order valence-corrected chi connectivity index (χ0v) is 15.1. The smallest absolute Gasteiger partial charge is 0.264 e. The van der Waals surface area contributed by atoms with Crippen molar-refractivity contribution in [3.05, 3.63) is 52.5 Å². The van der Waals surface area contributed by atoms with Crippen LogP contribution in [0.1, 0.15) is 12.5 Å². The molecular formula is C16H18BrNO3S. The van der Waals surface area contributed by atoms with E-state index in [1.807, 2.05) is 31.2 Å². The van der Waals surface area contributed by atoms with Crippen LogP contribution in [0.4, 0.5) is 5.69 Å². The zero-order chi connectivity index (χ0) is 16.3. The van der Waals surface area contributed by atoms with Crippen molar-refractivity contribution in [2.75, 3.05) is 18.5 Å². The van der Waals surface area contributed by atoms with Gasteiger partial charge in [-0.3, -0.25) is 4.31 Å². The molecule has 0 saturated heterocycles. The highest BCUT2D eigenvalue weighted by molar-refractivity contribution is 9.10. The number of anilines is 1. The second-order valence-corrected chi connectivity index (χ2v) is 7.57. The van der Waals surface area contributed by atoms with Crippen LogP contribution in [0.5, 0.6) is 5.75 Å². The van der Waals surface area contributed by atoms with E-state index < -0.39 is 10.0 Å². The number of benzene rings is 2. The average molecular weight is 384 g/mol. The van der Waals surface area contributed by atoms with E-state index in [1.54, 1.807) is 25.2 Å². The molecule has 0 aliphatic carbocycles. The predicted octanol–water partition coefficient (Wildman–Crippen LogP) is 3.85. The molecule has 0 amide bonds. The van der Waals surface area contributed by atoms with Gasteiger partial charge in [-0.15, -0.1) is 0 Å². The number of hydrogen-bond acceptors (Lipinski definition) is 3. The van der Waals surface area contributed by atoms with E-state index in [9.17, 15) is 8.42 Å². The second kappa shape index (κ2) is 6.71. The number of sulfonamides is 1. The van der Waals surface area contributed by atoms with Crippen molar-refractivity contribution in [2.45, 2.75) is 18.2 Å². The molecule has 0 radical (unpaired) electrons. The van der Waals surface area contributed by atoms with E-state index in [0.29, 0.717) is 15.9 Å². The van der Waals surface area contributed by atoms with E-state index in [-0.39, 0.29) is 4.90 Å². The number of aryl methyl sites for hydroxylation is 1. The Kier molecular flexibility index (Phi) is 5.13. The second-order valence-electron chi connectivity index (χ2n) is 4.75. The first-order chi connectivity index (χ1) is 10.4. The van der Waals surface area contributed by atoms with E-state index in [4.69, 9.17) is 4.74 Å². The van der Waals surface area contributed by atoms with Crippen molar-refractivity contribution < 1.29 is 13.2 Å². The molecule has 0 heterocycles. The van der Waals surface area contributed by atoms with E-state index >= 15 is 0 Å². The van der Waals surface area contributed by atoms with Gasteiger partial charge < -0.3 is 4.74 Å². The minimum absolute atomic E-state index is 0.216. The van der Waals surface area contributed by atoms with Crippen LogP contribution < -0.4 is 9.04 Å². The molecular weight excluding hydrogens is 366 g/mol. The van der Waals surface area contributed by atoms with Gasteiger partial charge in [-0.1, -0.05) is 25.1 Å². The van der Waals surface area contributed by atoms with Crippen LogP contribution in [0.3, 0.4) is 0 Å². The van der Waals surface area contributed by atoms with Crippen LogP contribution in [0.15, 0.2) is 51.8 Å². The molecule has 0 spiro atoms. The van der Waals surface area contributed by atoms with Crippen LogP contribution in [0.2, 0.25) is 0 Å². The Bertz CT molecular complexity index is 775. The lowest BCUT2D eigenvalue weighted by molar-refractivity contribution is 0.411. The molecule has 0 aliphatic rings. The maximum atomic E-state index is 12.8. The van der Waals surface area contributed by atoms with Gasteiger partial charge in [0.05, 0.1) is 22.2 Å². The van der Waals surface area contributed by atoms with E-state index in [2.05, 4.69) is 15.9 Å². The summed E-state index contributed by atoms with van der Waals surface area (Å²) in [6, 6.07) is 12.2. The molecule has 0 aromatic heterocycles. The van der Waals surface area contributed by atoms with Crippen LogP contribution in [-0.2, 0) is 16.4 Å². The van der Waals surface area contributed by atoms with Crippen molar-refractivity contribution in [3.63, 3.8) is 0 Å². The van der Waals surface area contributed by atoms with Gasteiger partial charge >= 0.3 is 0 Å². The Balaban J connectivity index is 2.47. The van der Waals surface area contributed by atoms with Gasteiger partial charge in [-0.2, -0.15) is 0 Å². The van der Waals surface area contributed by atoms with Gasteiger partial charge in [0.15, 0.2) is 0 Å². The number of methoxy groups -OCH3 is 1. The number of para-hydroxylation sites is 1. The molecule has 0 fully saturated rings. The Morgan fingerprint density at radius 3 is 2.45 bits per heavy atom. The summed E-state index contributed by atoms with van der Waals surface area (Å²) in [6.45, 7) is 2.00. The number of hydrogen-bond donors (Lipinski definition) is 0. The Hall–Kier alpha value is -1.53. The summed E-state index contributed by atoms with van der Waals surface area (Å²) in [5, 5.41) is 0. The van der Waals surface area contributed by atoms with Gasteiger partial charge in [0.1, 0.15) is 5.75 Å². The van der Waals surface area contributed by atoms with Gasteiger partial charge in [-0.25, -0.2) is 8.42 Å². The molecule has 118 valence electrons. The number of halogens is 1. The summed E-state index contributed by atoms with van der Waals surface area (Å²) in [7, 11) is -0.513. The number of nitrogens with zero attached hydrogens (tertiary/aromatic N) is 1. The Morgan fingerprint density at radius 2 is 1.86 bits per heavy atom. The van der Waals surface area contributed by atoms with Crippen LogP contribution in [0.25, 0.3) is 0 Å². The molecule has 0 aliphatic heterocycles. The molecule has 0 N–H and O–H groups in total. The minimum atomic E-state index is -3.62. The first-order valence-electron chi connectivity index (χ1n) is 6.82. The summed E-state index contributed by atoms with van der Waals surface area (Å²) in [5.41, 5.74) is 1.68. The topological polar surface area (TPSA) is 46.6 Å². The molecule has 6 heteroatoms. The highest BCUT2D eigenvalue weighted by Crippen LogP contribution is 2.31. The van der Waals surface area contributed by atoms with Gasteiger partial charge in [0.2, 0.25) is 0 Å². The minimum Gasteiger partial charge on any atom is -0.496 e. The maximum absolute atomic E-state index is 12.8. The molecule has 0 bridgehead atoms. The third kappa shape index (κ3) is 3.13. The normalized spacial score (nSPS) is 11.3. The first kappa shape index (κ1) is 16.8. The SMILES string of the molecule is CCc1ccccc1N(C)S(=O)(=O)c1ccc(OC)c(Br)c1. The number of ether oxygens (including phenoxy) is 1. The van der Waals surface area contributed by atoms with Gasteiger partial charge in [0, 0.05) is 7.05 Å². The molecule has 0 atom stereocenters. The van der Waals surface area contributed by atoms with E-state index in [0.717, 1.165) is 12.0 Å². The van der Waals surface area contributed by atoms with Crippen molar-refractivity contribution in [3.8, 4) is 5.75 Å². The molecule has 0 saturated carbocycles. The fourth-order valence-electron chi connectivity index (χ4n) is 2.21. The van der Waals surface area contributed by atoms with Crippen LogP contribution in [0, 0.1) is 0 Å². The largest absolute Gasteiger partial charge is 0.496 e. The van der Waals surface area contributed by atoms with E-state index in [1.165, 1.54) is 11.4 Å². The Morgan fingerprint density at radius 1 is 1.18 bits per heavy atom. The molecule has 2 aromatic rings. The highest BCUT2D eigenvalue weighted by Gasteiger charge is 2.23. The third-order valence-electron chi connectivity index (χ3n) is 3.49. The summed E-state index contributed by atoms with van der Waals surface area (Å²) in [6.07, 6.45) is 0.766. The van der Waals surface area contributed by atoms with Crippen molar-refractivity contribution >= 4 is 31.6 Å². The van der Waals surface area contributed by atoms with Gasteiger partial charge in [0.25, 0.3) is 10.0 Å². The van der Waals surface area contributed by atoms with Crippen molar-refractivity contribution in [1.29, 1.82) is 0 Å². The number of rotatable bonds is 5.